The van der Waals surface area contributed by atoms with Gasteiger partial charge in [-0.3, -0.25) is 9.59 Å². The van der Waals surface area contributed by atoms with Gasteiger partial charge in [-0.05, 0) is 29.3 Å². The van der Waals surface area contributed by atoms with Gasteiger partial charge >= 0.3 is 6.61 Å². The molecule has 0 aliphatic carbocycles. The predicted molar refractivity (Wildman–Crippen MR) is 116 cm³/mol. The number of rotatable bonds is 9. The Bertz CT molecular complexity index is 1100. The van der Waals surface area contributed by atoms with E-state index in [2.05, 4.69) is 15.0 Å². The average Bonchev–Trinajstić information content (AvgIpc) is 3.15. The van der Waals surface area contributed by atoms with E-state index in [9.17, 15) is 18.4 Å². The van der Waals surface area contributed by atoms with E-state index in [4.69, 9.17) is 4.74 Å². The van der Waals surface area contributed by atoms with E-state index in [0.717, 1.165) is 16.5 Å². The molecule has 0 spiro atoms. The Morgan fingerprint density at radius 1 is 1.16 bits per heavy atom. The molecule has 32 heavy (non-hydrogen) atoms. The summed E-state index contributed by atoms with van der Waals surface area (Å²) >= 11 is 0. The molecule has 0 aliphatic rings. The van der Waals surface area contributed by atoms with Gasteiger partial charge in [-0.15, -0.1) is 0 Å². The van der Waals surface area contributed by atoms with Crippen molar-refractivity contribution in [2.45, 2.75) is 32.5 Å². The molecule has 0 saturated heterocycles. The Morgan fingerprint density at radius 3 is 2.59 bits per heavy atom. The molecule has 3 rings (SSSR count). The molecule has 0 saturated carbocycles. The largest absolute Gasteiger partial charge is 0.493 e. The number of para-hydroxylation sites is 1. The third kappa shape index (κ3) is 5.54. The van der Waals surface area contributed by atoms with Gasteiger partial charge in [0, 0.05) is 44.0 Å². The monoisotopic (exact) mass is 445 g/mol. The number of amides is 2. The Labute approximate surface area is 184 Å². The SMILES string of the molecule is COc1ccc(CN(C)C(=O)C(Cc2c[nH]c3ccccc23)NC(C)=O)cc1OC(F)F. The van der Waals surface area contributed by atoms with E-state index in [-0.39, 0.29) is 29.9 Å². The van der Waals surface area contributed by atoms with Crippen LogP contribution in [0.2, 0.25) is 0 Å². The van der Waals surface area contributed by atoms with Gasteiger partial charge in [-0.2, -0.15) is 8.78 Å². The summed E-state index contributed by atoms with van der Waals surface area (Å²) in [4.78, 5) is 29.5. The topological polar surface area (TPSA) is 83.7 Å². The van der Waals surface area contributed by atoms with Gasteiger partial charge in [0.1, 0.15) is 6.04 Å². The number of H-pyrrole nitrogens is 1. The maximum atomic E-state index is 13.2. The van der Waals surface area contributed by atoms with Gasteiger partial charge in [0.25, 0.3) is 0 Å². The number of likely N-dealkylation sites (N-methyl/N-ethyl adjacent to an activating group) is 1. The van der Waals surface area contributed by atoms with E-state index >= 15 is 0 Å². The maximum absolute atomic E-state index is 13.2. The highest BCUT2D eigenvalue weighted by Crippen LogP contribution is 2.30. The number of halogens is 2. The third-order valence-electron chi connectivity index (χ3n) is 5.01. The van der Waals surface area contributed by atoms with Crippen LogP contribution in [-0.2, 0) is 22.6 Å². The fourth-order valence-corrected chi connectivity index (χ4v) is 3.59. The number of hydrogen-bond acceptors (Lipinski definition) is 4. The zero-order valence-corrected chi connectivity index (χ0v) is 18.0. The van der Waals surface area contributed by atoms with Crippen LogP contribution in [0.25, 0.3) is 10.9 Å². The van der Waals surface area contributed by atoms with Crippen molar-refractivity contribution >= 4 is 22.7 Å². The molecule has 1 aromatic heterocycles. The second-order valence-corrected chi connectivity index (χ2v) is 7.37. The number of aromatic amines is 1. The molecule has 2 aromatic carbocycles. The van der Waals surface area contributed by atoms with E-state index in [0.29, 0.717) is 12.0 Å². The van der Waals surface area contributed by atoms with Crippen LogP contribution in [0.1, 0.15) is 18.1 Å². The fourth-order valence-electron chi connectivity index (χ4n) is 3.59. The van der Waals surface area contributed by atoms with Gasteiger partial charge < -0.3 is 24.7 Å². The van der Waals surface area contributed by atoms with Crippen LogP contribution in [0.15, 0.2) is 48.7 Å². The zero-order valence-electron chi connectivity index (χ0n) is 18.0. The van der Waals surface area contributed by atoms with Crippen molar-refractivity contribution in [3.05, 3.63) is 59.8 Å². The molecule has 2 amide bonds. The average molecular weight is 445 g/mol. The molecule has 0 bridgehead atoms. The molecule has 1 unspecified atom stereocenters. The minimum atomic E-state index is -3.00. The van der Waals surface area contributed by atoms with Crippen LogP contribution in [0.4, 0.5) is 8.78 Å². The van der Waals surface area contributed by atoms with Crippen molar-refractivity contribution in [2.75, 3.05) is 14.2 Å². The summed E-state index contributed by atoms with van der Waals surface area (Å²) in [7, 11) is 2.94. The van der Waals surface area contributed by atoms with Crippen molar-refractivity contribution < 1.29 is 27.8 Å². The molecule has 9 heteroatoms. The number of carbonyl (C=O) groups excluding carboxylic acids is 2. The second-order valence-electron chi connectivity index (χ2n) is 7.37. The number of aromatic nitrogens is 1. The number of alkyl halides is 2. The maximum Gasteiger partial charge on any atom is 0.387 e. The minimum Gasteiger partial charge on any atom is -0.493 e. The summed E-state index contributed by atoms with van der Waals surface area (Å²) in [5.41, 5.74) is 2.42. The van der Waals surface area contributed by atoms with Gasteiger partial charge in [-0.1, -0.05) is 24.3 Å². The third-order valence-corrected chi connectivity index (χ3v) is 5.01. The van der Waals surface area contributed by atoms with Gasteiger partial charge in [0.15, 0.2) is 11.5 Å². The molecule has 0 radical (unpaired) electrons. The Balaban J connectivity index is 1.78. The lowest BCUT2D eigenvalue weighted by Crippen LogP contribution is -2.47. The van der Waals surface area contributed by atoms with Crippen molar-refractivity contribution in [1.82, 2.24) is 15.2 Å². The Kier molecular flexibility index (Phi) is 7.29. The summed E-state index contributed by atoms with van der Waals surface area (Å²) in [6, 6.07) is 11.5. The smallest absolute Gasteiger partial charge is 0.387 e. The molecule has 1 heterocycles. The lowest BCUT2D eigenvalue weighted by Gasteiger charge is -2.25. The van der Waals surface area contributed by atoms with Crippen LogP contribution < -0.4 is 14.8 Å². The predicted octanol–water partition coefficient (Wildman–Crippen LogP) is 3.48. The number of nitrogens with one attached hydrogen (secondary N) is 2. The number of nitrogens with zero attached hydrogens (tertiary/aromatic N) is 1. The number of carbonyl (C=O) groups is 2. The van der Waals surface area contributed by atoms with Gasteiger partial charge in [0.05, 0.1) is 7.11 Å². The first-order valence-electron chi connectivity index (χ1n) is 9.97. The number of benzene rings is 2. The molecule has 0 aliphatic heterocycles. The van der Waals surface area contributed by atoms with Crippen molar-refractivity contribution in [3.63, 3.8) is 0 Å². The summed E-state index contributed by atoms with van der Waals surface area (Å²) in [6.07, 6.45) is 2.12. The number of methoxy groups -OCH3 is 1. The quantitative estimate of drug-likeness (QED) is 0.528. The molecule has 3 aromatic rings. The highest BCUT2D eigenvalue weighted by Gasteiger charge is 2.25. The Morgan fingerprint density at radius 2 is 1.91 bits per heavy atom. The van der Waals surface area contributed by atoms with Crippen LogP contribution in [-0.4, -0.2) is 48.5 Å². The number of ether oxygens (including phenoxy) is 2. The van der Waals surface area contributed by atoms with Gasteiger partial charge in [-0.25, -0.2) is 0 Å². The fraction of sp³-hybridized carbons (Fsp3) is 0.304. The van der Waals surface area contributed by atoms with Crippen LogP contribution in [0.5, 0.6) is 11.5 Å². The summed E-state index contributed by atoms with van der Waals surface area (Å²) in [5, 5.41) is 3.69. The first-order valence-corrected chi connectivity index (χ1v) is 9.97. The number of hydrogen-bond donors (Lipinski definition) is 2. The number of fused-ring (bicyclic) bond motifs is 1. The molecule has 2 N–H and O–H groups in total. The van der Waals surface area contributed by atoms with E-state index in [1.807, 2.05) is 30.5 Å². The summed E-state index contributed by atoms with van der Waals surface area (Å²) < 4.78 is 34.9. The van der Waals surface area contributed by atoms with Crippen molar-refractivity contribution in [1.29, 1.82) is 0 Å². The lowest BCUT2D eigenvalue weighted by atomic mass is 10.0. The summed E-state index contributed by atoms with van der Waals surface area (Å²) in [5.74, 6) is -0.581. The van der Waals surface area contributed by atoms with E-state index < -0.39 is 12.7 Å². The first kappa shape index (κ1) is 23.1. The molecule has 7 nitrogen and oxygen atoms in total. The zero-order chi connectivity index (χ0) is 23.3. The van der Waals surface area contributed by atoms with Crippen LogP contribution in [0, 0.1) is 0 Å². The molecular formula is C23H25F2N3O4. The highest BCUT2D eigenvalue weighted by molar-refractivity contribution is 5.89. The van der Waals surface area contributed by atoms with Crippen molar-refractivity contribution in [2.24, 2.45) is 0 Å². The standard InChI is InChI=1S/C23H25F2N3O4/c1-14(29)27-19(11-16-12-26-18-7-5-4-6-17(16)18)22(30)28(2)13-15-8-9-20(31-3)21(10-15)32-23(24)25/h4-10,12,19,23,26H,11,13H2,1-3H3,(H,27,29). The molecule has 1 atom stereocenters. The van der Waals surface area contributed by atoms with E-state index in [1.165, 1.54) is 31.1 Å². The molecular weight excluding hydrogens is 420 g/mol. The normalized spacial score (nSPS) is 11.9. The van der Waals surface area contributed by atoms with Crippen molar-refractivity contribution in [3.8, 4) is 11.5 Å². The lowest BCUT2D eigenvalue weighted by molar-refractivity contribution is -0.135. The molecule has 0 fully saturated rings. The molecule has 170 valence electrons. The van der Waals surface area contributed by atoms with Gasteiger partial charge in [0.2, 0.25) is 11.8 Å². The van der Waals surface area contributed by atoms with E-state index in [1.54, 1.807) is 13.1 Å². The highest BCUT2D eigenvalue weighted by atomic mass is 19.3. The minimum absolute atomic E-state index is 0.113. The Hall–Kier alpha value is -3.62. The summed E-state index contributed by atoms with van der Waals surface area (Å²) in [6.45, 7) is -1.52. The van der Waals surface area contributed by atoms with Crippen LogP contribution in [0.3, 0.4) is 0 Å². The second kappa shape index (κ2) is 10.1. The van der Waals surface area contributed by atoms with Crippen LogP contribution >= 0.6 is 0 Å². The first-order chi connectivity index (χ1) is 15.3.